The predicted octanol–water partition coefficient (Wildman–Crippen LogP) is 4.73. The van der Waals surface area contributed by atoms with Crippen LogP contribution in [0.3, 0.4) is 0 Å². The van der Waals surface area contributed by atoms with Crippen LogP contribution >= 0.6 is 0 Å². The van der Waals surface area contributed by atoms with E-state index in [1.54, 1.807) is 0 Å². The van der Waals surface area contributed by atoms with Crippen molar-refractivity contribution < 1.29 is 0 Å². The van der Waals surface area contributed by atoms with Crippen LogP contribution in [0.5, 0.6) is 0 Å². The number of benzene rings is 1. The first-order valence-electron chi connectivity index (χ1n) is 8.00. The molecule has 0 heterocycles. The van der Waals surface area contributed by atoms with Gasteiger partial charge in [-0.2, -0.15) is 0 Å². The lowest BCUT2D eigenvalue weighted by Gasteiger charge is -2.33. The zero-order valence-corrected chi connectivity index (χ0v) is 12.8. The van der Waals surface area contributed by atoms with Crippen molar-refractivity contribution in [3.63, 3.8) is 0 Å². The highest BCUT2D eigenvalue weighted by molar-refractivity contribution is 5.25. The smallest absolute Gasteiger partial charge is 0.0346 e. The van der Waals surface area contributed by atoms with E-state index in [9.17, 15) is 0 Å². The van der Waals surface area contributed by atoms with E-state index in [1.165, 1.54) is 49.7 Å². The van der Waals surface area contributed by atoms with Gasteiger partial charge in [0, 0.05) is 6.04 Å². The lowest BCUT2D eigenvalue weighted by molar-refractivity contribution is 0.230. The fourth-order valence-corrected chi connectivity index (χ4v) is 3.64. The van der Waals surface area contributed by atoms with Crippen LogP contribution in [0.2, 0.25) is 0 Å². The number of hydrogen-bond acceptors (Lipinski definition) is 1. The minimum Gasteiger partial charge on any atom is -0.313 e. The molecule has 0 amide bonds. The summed E-state index contributed by atoms with van der Waals surface area (Å²) in [5.41, 5.74) is 2.94. The molecular weight excluding hydrogens is 230 g/mol. The topological polar surface area (TPSA) is 12.0 Å². The number of nitrogens with one attached hydrogen (secondary N) is 1. The van der Waals surface area contributed by atoms with E-state index in [0.29, 0.717) is 6.04 Å². The summed E-state index contributed by atoms with van der Waals surface area (Å²) in [5, 5.41) is 3.56. The average molecular weight is 259 g/mol. The molecule has 1 nitrogen and oxygen atoms in total. The van der Waals surface area contributed by atoms with Gasteiger partial charge in [0.15, 0.2) is 0 Å². The van der Waals surface area contributed by atoms with E-state index in [0.717, 1.165) is 11.8 Å². The van der Waals surface area contributed by atoms with Crippen molar-refractivity contribution in [3.05, 3.63) is 35.4 Å². The second-order valence-electron chi connectivity index (χ2n) is 6.29. The van der Waals surface area contributed by atoms with Gasteiger partial charge in [-0.1, -0.05) is 57.4 Å². The van der Waals surface area contributed by atoms with Crippen LogP contribution in [0.1, 0.15) is 63.1 Å². The first kappa shape index (κ1) is 14.6. The van der Waals surface area contributed by atoms with E-state index >= 15 is 0 Å². The molecule has 0 saturated heterocycles. The summed E-state index contributed by atoms with van der Waals surface area (Å²) in [7, 11) is 2.11. The van der Waals surface area contributed by atoms with Gasteiger partial charge in [-0.15, -0.1) is 0 Å². The Labute approximate surface area is 118 Å². The van der Waals surface area contributed by atoms with Crippen LogP contribution in [0.4, 0.5) is 0 Å². The summed E-state index contributed by atoms with van der Waals surface area (Å²) in [5.74, 6) is 1.71. The summed E-state index contributed by atoms with van der Waals surface area (Å²) >= 11 is 0. The number of hydrogen-bond donors (Lipinski definition) is 1. The molecule has 1 fully saturated rings. The molecule has 1 aliphatic rings. The van der Waals surface area contributed by atoms with E-state index in [4.69, 9.17) is 0 Å². The largest absolute Gasteiger partial charge is 0.313 e. The summed E-state index contributed by atoms with van der Waals surface area (Å²) in [6.45, 7) is 4.65. The zero-order chi connectivity index (χ0) is 13.7. The summed E-state index contributed by atoms with van der Waals surface area (Å²) in [6.07, 6.45) is 8.01. The molecule has 19 heavy (non-hydrogen) atoms. The predicted molar refractivity (Wildman–Crippen MR) is 83.4 cm³/mol. The molecule has 1 aromatic carbocycles. The van der Waals surface area contributed by atoms with Crippen molar-refractivity contribution in [2.75, 3.05) is 7.05 Å². The van der Waals surface area contributed by atoms with E-state index in [1.807, 2.05) is 0 Å². The molecule has 3 unspecified atom stereocenters. The molecule has 1 aliphatic carbocycles. The highest BCUT2D eigenvalue weighted by Crippen LogP contribution is 2.36. The Kier molecular flexibility index (Phi) is 5.45. The van der Waals surface area contributed by atoms with Crippen molar-refractivity contribution in [1.82, 2.24) is 5.32 Å². The van der Waals surface area contributed by atoms with Crippen molar-refractivity contribution in [1.29, 1.82) is 0 Å². The molecule has 1 saturated carbocycles. The van der Waals surface area contributed by atoms with Crippen LogP contribution in [-0.4, -0.2) is 7.05 Å². The third-order valence-corrected chi connectivity index (χ3v) is 4.64. The lowest BCUT2D eigenvalue weighted by atomic mass is 9.76. The molecule has 0 aromatic heterocycles. The third-order valence-electron chi connectivity index (χ3n) is 4.64. The van der Waals surface area contributed by atoms with E-state index in [-0.39, 0.29) is 0 Å². The Bertz CT molecular complexity index is 368. The Balaban J connectivity index is 2.07. The summed E-state index contributed by atoms with van der Waals surface area (Å²) in [4.78, 5) is 0. The van der Waals surface area contributed by atoms with Gasteiger partial charge in [-0.25, -0.2) is 0 Å². The second kappa shape index (κ2) is 7.09. The van der Waals surface area contributed by atoms with Gasteiger partial charge in [0.1, 0.15) is 0 Å². The fourth-order valence-electron chi connectivity index (χ4n) is 3.64. The van der Waals surface area contributed by atoms with Gasteiger partial charge in [-0.05, 0) is 49.3 Å². The first-order chi connectivity index (χ1) is 9.24. The standard InChI is InChI=1S/C18H29N/c1-4-6-15-9-11-16(12-10-15)18(19-3)17-8-5-7-14(2)13-17/h9-12,14,17-19H,4-8,13H2,1-3H3. The summed E-state index contributed by atoms with van der Waals surface area (Å²) in [6, 6.07) is 9.85. The van der Waals surface area contributed by atoms with Crippen LogP contribution in [-0.2, 0) is 6.42 Å². The van der Waals surface area contributed by atoms with Crippen molar-refractivity contribution in [2.45, 2.75) is 58.4 Å². The molecule has 106 valence electrons. The minimum absolute atomic E-state index is 0.540. The molecule has 0 radical (unpaired) electrons. The maximum atomic E-state index is 3.56. The normalized spacial score (nSPS) is 25.2. The van der Waals surface area contributed by atoms with Gasteiger partial charge in [0.25, 0.3) is 0 Å². The quantitative estimate of drug-likeness (QED) is 0.806. The molecule has 1 aromatic rings. The van der Waals surface area contributed by atoms with Crippen molar-refractivity contribution >= 4 is 0 Å². The van der Waals surface area contributed by atoms with Crippen LogP contribution in [0, 0.1) is 11.8 Å². The molecule has 0 aliphatic heterocycles. The molecule has 3 atom stereocenters. The molecule has 2 rings (SSSR count). The third kappa shape index (κ3) is 3.82. The maximum Gasteiger partial charge on any atom is 0.0346 e. The second-order valence-corrected chi connectivity index (χ2v) is 6.29. The Morgan fingerprint density at radius 3 is 2.53 bits per heavy atom. The molecule has 0 bridgehead atoms. The van der Waals surface area contributed by atoms with Gasteiger partial charge in [-0.3, -0.25) is 0 Å². The highest BCUT2D eigenvalue weighted by Gasteiger charge is 2.26. The van der Waals surface area contributed by atoms with E-state index in [2.05, 4.69) is 50.5 Å². The maximum absolute atomic E-state index is 3.56. The number of rotatable bonds is 5. The van der Waals surface area contributed by atoms with Crippen molar-refractivity contribution in [3.8, 4) is 0 Å². The Hall–Kier alpha value is -0.820. The average Bonchev–Trinajstić information content (AvgIpc) is 2.42. The van der Waals surface area contributed by atoms with Gasteiger partial charge >= 0.3 is 0 Å². The molecular formula is C18H29N. The van der Waals surface area contributed by atoms with E-state index < -0.39 is 0 Å². The molecule has 0 spiro atoms. The molecule has 1 N–H and O–H groups in total. The van der Waals surface area contributed by atoms with Crippen molar-refractivity contribution in [2.24, 2.45) is 11.8 Å². The Morgan fingerprint density at radius 1 is 1.21 bits per heavy atom. The SMILES string of the molecule is CCCc1ccc(C(NC)C2CCCC(C)C2)cc1. The summed E-state index contributed by atoms with van der Waals surface area (Å²) < 4.78 is 0. The Morgan fingerprint density at radius 2 is 1.95 bits per heavy atom. The van der Waals surface area contributed by atoms with Gasteiger partial charge in [0.2, 0.25) is 0 Å². The fraction of sp³-hybridized carbons (Fsp3) is 0.667. The first-order valence-corrected chi connectivity index (χ1v) is 8.00. The van der Waals surface area contributed by atoms with Crippen LogP contribution < -0.4 is 5.32 Å². The van der Waals surface area contributed by atoms with Crippen LogP contribution in [0.25, 0.3) is 0 Å². The van der Waals surface area contributed by atoms with Gasteiger partial charge < -0.3 is 5.32 Å². The van der Waals surface area contributed by atoms with Crippen LogP contribution in [0.15, 0.2) is 24.3 Å². The minimum atomic E-state index is 0.540. The highest BCUT2D eigenvalue weighted by atomic mass is 14.9. The molecule has 1 heteroatoms. The zero-order valence-electron chi connectivity index (χ0n) is 12.8. The number of aryl methyl sites for hydroxylation is 1. The van der Waals surface area contributed by atoms with Gasteiger partial charge in [0.05, 0.1) is 0 Å². The lowest BCUT2D eigenvalue weighted by Crippen LogP contribution is -2.28. The monoisotopic (exact) mass is 259 g/mol.